The van der Waals surface area contributed by atoms with E-state index in [9.17, 15) is 31.1 Å². The SMILES string of the molecule is C[C@]1(CF)C[C@@](C)(c2cc(NC(=O)c3ccc(OCC(F)(F)C(F)F)cn3)cnc2F)N=C(N)S1. The number of nitrogens with zero attached hydrogens (tertiary/aromatic N) is 3. The van der Waals surface area contributed by atoms with Gasteiger partial charge in [0.2, 0.25) is 5.95 Å². The molecule has 1 aliphatic heterocycles. The zero-order valence-corrected chi connectivity index (χ0v) is 19.3. The fraction of sp³-hybridized carbons (Fsp3) is 0.429. The van der Waals surface area contributed by atoms with Crippen molar-refractivity contribution in [1.29, 1.82) is 0 Å². The number of alkyl halides is 5. The second-order valence-corrected chi connectivity index (χ2v) is 9.94. The third kappa shape index (κ3) is 6.16. The van der Waals surface area contributed by atoms with E-state index < -0.39 is 47.8 Å². The van der Waals surface area contributed by atoms with Crippen LogP contribution in [0.5, 0.6) is 5.75 Å². The van der Waals surface area contributed by atoms with E-state index in [1.54, 1.807) is 13.8 Å². The number of thioether (sulfide) groups is 1. The molecule has 3 rings (SSSR count). The number of pyridine rings is 2. The van der Waals surface area contributed by atoms with Gasteiger partial charge in [0.15, 0.2) is 11.8 Å². The summed E-state index contributed by atoms with van der Waals surface area (Å²) in [5.41, 5.74) is 4.52. The number of ether oxygens (including phenoxy) is 1. The summed E-state index contributed by atoms with van der Waals surface area (Å²) in [4.78, 5) is 24.2. The molecule has 2 aromatic heterocycles. The lowest BCUT2D eigenvalue weighted by molar-refractivity contribution is -0.148. The Morgan fingerprint density at radius 3 is 2.60 bits per heavy atom. The largest absolute Gasteiger partial charge is 0.485 e. The Morgan fingerprint density at radius 2 is 2.00 bits per heavy atom. The van der Waals surface area contributed by atoms with Crippen molar-refractivity contribution >= 4 is 28.5 Å². The predicted octanol–water partition coefficient (Wildman–Crippen LogP) is 4.54. The number of anilines is 1. The highest BCUT2D eigenvalue weighted by Gasteiger charge is 2.44. The zero-order valence-electron chi connectivity index (χ0n) is 18.5. The fourth-order valence-corrected chi connectivity index (χ4v) is 4.64. The van der Waals surface area contributed by atoms with E-state index >= 15 is 0 Å². The van der Waals surface area contributed by atoms with Crippen LogP contribution in [0.2, 0.25) is 0 Å². The molecule has 14 heteroatoms. The van der Waals surface area contributed by atoms with Gasteiger partial charge in [-0.15, -0.1) is 0 Å². The lowest BCUT2D eigenvalue weighted by Gasteiger charge is -2.39. The molecule has 0 spiro atoms. The Hall–Kier alpha value is -3.03. The molecule has 3 N–H and O–H groups in total. The van der Waals surface area contributed by atoms with Gasteiger partial charge in [0, 0.05) is 5.56 Å². The van der Waals surface area contributed by atoms with Crippen molar-refractivity contribution in [3.63, 3.8) is 0 Å². The quantitative estimate of drug-likeness (QED) is 0.391. The smallest absolute Gasteiger partial charge is 0.340 e. The summed E-state index contributed by atoms with van der Waals surface area (Å²) in [5.74, 6) is -6.21. The van der Waals surface area contributed by atoms with Crippen LogP contribution in [0.1, 0.15) is 36.3 Å². The molecule has 35 heavy (non-hydrogen) atoms. The Labute approximate surface area is 200 Å². The summed E-state index contributed by atoms with van der Waals surface area (Å²) in [6, 6.07) is 3.53. The number of amides is 1. The summed E-state index contributed by atoms with van der Waals surface area (Å²) in [6.07, 6.45) is -1.80. The van der Waals surface area contributed by atoms with Crippen LogP contribution in [0, 0.1) is 5.95 Å². The van der Waals surface area contributed by atoms with E-state index in [4.69, 9.17) is 5.73 Å². The number of halogens is 6. The number of carbonyl (C=O) groups excluding carboxylic acids is 1. The monoisotopic (exact) mass is 521 g/mol. The van der Waals surface area contributed by atoms with Crippen molar-refractivity contribution < 1.29 is 35.9 Å². The first-order valence-corrected chi connectivity index (χ1v) is 10.9. The third-order valence-electron chi connectivity index (χ3n) is 5.11. The molecule has 0 fully saturated rings. The molecule has 2 aromatic rings. The van der Waals surface area contributed by atoms with Crippen molar-refractivity contribution in [1.82, 2.24) is 9.97 Å². The Balaban J connectivity index is 1.75. The highest BCUT2D eigenvalue weighted by Crippen LogP contribution is 2.46. The van der Waals surface area contributed by atoms with Gasteiger partial charge in [-0.25, -0.2) is 23.1 Å². The van der Waals surface area contributed by atoms with Crippen LogP contribution in [0.4, 0.5) is 32.0 Å². The number of hydrogen-bond acceptors (Lipinski definition) is 7. The van der Waals surface area contributed by atoms with E-state index in [0.717, 1.165) is 36.3 Å². The molecular weight excluding hydrogens is 500 g/mol. The molecule has 2 atom stereocenters. The number of carbonyl (C=O) groups is 1. The van der Waals surface area contributed by atoms with Gasteiger partial charge in [-0.3, -0.25) is 9.79 Å². The minimum Gasteiger partial charge on any atom is -0.485 e. The molecule has 0 bridgehead atoms. The predicted molar refractivity (Wildman–Crippen MR) is 118 cm³/mol. The maximum absolute atomic E-state index is 14.6. The van der Waals surface area contributed by atoms with Crippen molar-refractivity contribution in [2.45, 2.75) is 42.9 Å². The van der Waals surface area contributed by atoms with E-state index in [-0.39, 0.29) is 34.3 Å². The van der Waals surface area contributed by atoms with E-state index in [2.05, 4.69) is 25.0 Å². The topological polar surface area (TPSA) is 102 Å². The number of nitrogens with two attached hydrogens (primary N) is 1. The van der Waals surface area contributed by atoms with Gasteiger partial charge in [-0.1, -0.05) is 11.8 Å². The number of aromatic nitrogens is 2. The van der Waals surface area contributed by atoms with Crippen molar-refractivity contribution in [3.05, 3.63) is 47.8 Å². The summed E-state index contributed by atoms with van der Waals surface area (Å²) in [6.45, 7) is 0.937. The first-order valence-electron chi connectivity index (χ1n) is 10.1. The Bertz CT molecular complexity index is 1120. The molecule has 3 heterocycles. The minimum atomic E-state index is -4.34. The molecular formula is C21H21F6N5O2S. The summed E-state index contributed by atoms with van der Waals surface area (Å²) < 4.78 is 82.3. The van der Waals surface area contributed by atoms with Crippen LogP contribution >= 0.6 is 11.8 Å². The highest BCUT2D eigenvalue weighted by molar-refractivity contribution is 8.15. The number of aliphatic imine (C=N–C) groups is 1. The lowest BCUT2D eigenvalue weighted by atomic mass is 9.84. The molecule has 7 nitrogen and oxygen atoms in total. The van der Waals surface area contributed by atoms with E-state index in [0.29, 0.717) is 0 Å². The van der Waals surface area contributed by atoms with E-state index in [1.165, 1.54) is 6.07 Å². The van der Waals surface area contributed by atoms with Crippen LogP contribution in [0.15, 0.2) is 35.6 Å². The molecule has 0 unspecified atom stereocenters. The van der Waals surface area contributed by atoms with Crippen LogP contribution in [0.3, 0.4) is 0 Å². The maximum atomic E-state index is 14.6. The molecule has 0 aliphatic carbocycles. The summed E-state index contributed by atoms with van der Waals surface area (Å²) >= 11 is 1.05. The number of nitrogens with one attached hydrogen (secondary N) is 1. The zero-order chi connectivity index (χ0) is 26.0. The Kier molecular flexibility index (Phi) is 7.53. The van der Waals surface area contributed by atoms with Crippen molar-refractivity contribution in [2.75, 3.05) is 18.6 Å². The standard InChI is InChI=1S/C21H21F6N5O2S/c1-19(9-22)8-20(2,32-18(28)35-19)13-5-11(6-30-15(13)23)31-16(33)14-4-3-12(7-29-14)34-10-21(26,27)17(24)25/h3-7,17H,8-10H2,1-2H3,(H2,28,32)(H,31,33)/t19-,20+/m1/s1. The maximum Gasteiger partial charge on any atom is 0.340 e. The molecule has 0 saturated heterocycles. The van der Waals surface area contributed by atoms with Gasteiger partial charge < -0.3 is 15.8 Å². The van der Waals surface area contributed by atoms with Crippen LogP contribution in [-0.4, -0.2) is 51.4 Å². The Morgan fingerprint density at radius 1 is 1.29 bits per heavy atom. The first kappa shape index (κ1) is 26.6. The average molecular weight is 521 g/mol. The lowest BCUT2D eigenvalue weighted by Crippen LogP contribution is -2.42. The average Bonchev–Trinajstić information content (AvgIpc) is 2.78. The summed E-state index contributed by atoms with van der Waals surface area (Å²) in [5, 5.41) is 2.56. The van der Waals surface area contributed by atoms with E-state index in [1.807, 2.05) is 0 Å². The molecule has 0 radical (unpaired) electrons. The fourth-order valence-electron chi connectivity index (χ4n) is 3.48. The van der Waals surface area contributed by atoms with Gasteiger partial charge in [0.25, 0.3) is 5.91 Å². The number of rotatable bonds is 8. The number of amidine groups is 1. The van der Waals surface area contributed by atoms with Gasteiger partial charge >= 0.3 is 12.3 Å². The van der Waals surface area contributed by atoms with Crippen molar-refractivity contribution in [2.24, 2.45) is 10.7 Å². The molecule has 1 aliphatic rings. The molecule has 190 valence electrons. The van der Waals surface area contributed by atoms with Crippen LogP contribution < -0.4 is 15.8 Å². The van der Waals surface area contributed by atoms with Gasteiger partial charge in [0.1, 0.15) is 18.1 Å². The normalized spacial score (nSPS) is 22.6. The summed E-state index contributed by atoms with van der Waals surface area (Å²) in [7, 11) is 0. The highest BCUT2D eigenvalue weighted by atomic mass is 32.2. The van der Waals surface area contributed by atoms with Crippen molar-refractivity contribution in [3.8, 4) is 5.75 Å². The second kappa shape index (κ2) is 9.91. The van der Waals surface area contributed by atoms with Crippen LogP contribution in [0.25, 0.3) is 0 Å². The number of hydrogen-bond donors (Lipinski definition) is 2. The second-order valence-electron chi connectivity index (χ2n) is 8.33. The van der Waals surface area contributed by atoms with Crippen LogP contribution in [-0.2, 0) is 5.54 Å². The van der Waals surface area contributed by atoms with Gasteiger partial charge in [0.05, 0.1) is 28.4 Å². The van der Waals surface area contributed by atoms with Gasteiger partial charge in [-0.2, -0.15) is 13.2 Å². The first-order chi connectivity index (χ1) is 16.3. The molecule has 1 amide bonds. The minimum absolute atomic E-state index is 0.00473. The third-order valence-corrected chi connectivity index (χ3v) is 6.15. The van der Waals surface area contributed by atoms with Gasteiger partial charge in [-0.05, 0) is 38.5 Å². The molecule has 0 saturated carbocycles. The molecule has 0 aromatic carbocycles.